The molecule has 0 saturated heterocycles. The van der Waals surface area contributed by atoms with Crippen LogP contribution in [0.2, 0.25) is 0 Å². The van der Waals surface area contributed by atoms with Gasteiger partial charge in [-0.25, -0.2) is 0 Å². The van der Waals surface area contributed by atoms with E-state index >= 15 is 0 Å². The maximum Gasteiger partial charge on any atom is 0.0852 e. The van der Waals surface area contributed by atoms with E-state index in [1.54, 1.807) is 0 Å². The van der Waals surface area contributed by atoms with E-state index in [9.17, 15) is 5.11 Å². The van der Waals surface area contributed by atoms with Gasteiger partial charge in [-0.05, 0) is 13.3 Å². The van der Waals surface area contributed by atoms with E-state index in [1.165, 1.54) is 44.9 Å². The third-order valence-electron chi connectivity index (χ3n) is 3.59. The number of hydrogen-bond donors (Lipinski definition) is 2. The van der Waals surface area contributed by atoms with Crippen molar-refractivity contribution in [2.75, 3.05) is 33.0 Å². The molecule has 0 aromatic heterocycles. The Labute approximate surface area is 130 Å². The monoisotopic (exact) mass is 304 g/mol. The molecule has 0 amide bonds. The van der Waals surface area contributed by atoms with Crippen molar-refractivity contribution in [2.24, 2.45) is 0 Å². The van der Waals surface area contributed by atoms with Crippen molar-refractivity contribution in [1.29, 1.82) is 0 Å². The number of rotatable bonds is 16. The van der Waals surface area contributed by atoms with E-state index in [-0.39, 0.29) is 6.61 Å². The average molecular weight is 304 g/mol. The van der Waals surface area contributed by atoms with Gasteiger partial charge in [-0.1, -0.05) is 58.3 Å². The number of aliphatic hydroxyl groups is 2. The van der Waals surface area contributed by atoms with Crippen molar-refractivity contribution in [1.82, 2.24) is 0 Å². The fraction of sp³-hybridized carbons (Fsp3) is 1.00. The Morgan fingerprint density at radius 2 is 1.38 bits per heavy atom. The first kappa shape index (κ1) is 20.8. The van der Waals surface area contributed by atoms with Crippen molar-refractivity contribution < 1.29 is 19.7 Å². The maximum absolute atomic E-state index is 10.2. The zero-order valence-electron chi connectivity index (χ0n) is 14.1. The van der Waals surface area contributed by atoms with Crippen LogP contribution in [0, 0.1) is 0 Å². The molecule has 128 valence electrons. The highest BCUT2D eigenvalue weighted by Crippen LogP contribution is 2.16. The number of unbranched alkanes of at least 4 members (excludes halogenated alkanes) is 7. The van der Waals surface area contributed by atoms with Crippen LogP contribution in [-0.2, 0) is 9.47 Å². The van der Waals surface area contributed by atoms with E-state index in [0.29, 0.717) is 26.4 Å². The van der Waals surface area contributed by atoms with E-state index in [0.717, 1.165) is 12.8 Å². The van der Waals surface area contributed by atoms with Crippen LogP contribution in [0.5, 0.6) is 0 Å². The molecule has 4 heteroatoms. The lowest BCUT2D eigenvalue weighted by atomic mass is 9.98. The van der Waals surface area contributed by atoms with Crippen LogP contribution in [0.15, 0.2) is 0 Å². The molecule has 0 spiro atoms. The first-order valence-electron chi connectivity index (χ1n) is 8.61. The summed E-state index contributed by atoms with van der Waals surface area (Å²) in [5, 5.41) is 18.7. The fourth-order valence-corrected chi connectivity index (χ4v) is 2.29. The van der Waals surface area contributed by atoms with Gasteiger partial charge >= 0.3 is 0 Å². The maximum atomic E-state index is 10.2. The lowest BCUT2D eigenvalue weighted by molar-refractivity contribution is -0.0545. The predicted octanol–water partition coefficient (Wildman–Crippen LogP) is 3.29. The van der Waals surface area contributed by atoms with Gasteiger partial charge in [-0.15, -0.1) is 0 Å². The first-order valence-corrected chi connectivity index (χ1v) is 8.61. The molecule has 0 aromatic carbocycles. The molecule has 2 N–H and O–H groups in total. The van der Waals surface area contributed by atoms with Crippen LogP contribution in [0.3, 0.4) is 0 Å². The molecule has 0 aliphatic heterocycles. The summed E-state index contributed by atoms with van der Waals surface area (Å²) in [6.45, 7) is 5.74. The number of ether oxygens (including phenoxy) is 2. The van der Waals surface area contributed by atoms with Crippen molar-refractivity contribution >= 4 is 0 Å². The minimum atomic E-state index is -0.737. The van der Waals surface area contributed by atoms with Crippen LogP contribution < -0.4 is 0 Å². The molecular weight excluding hydrogens is 268 g/mol. The van der Waals surface area contributed by atoms with E-state index in [4.69, 9.17) is 14.6 Å². The minimum Gasteiger partial charge on any atom is -0.394 e. The highest BCUT2D eigenvalue weighted by atomic mass is 16.5. The smallest absolute Gasteiger partial charge is 0.0852 e. The standard InChI is InChI=1S/C17H36O4/c1-3-4-5-6-7-8-9-10-11-17(2,19)16-21-15-14-20-13-12-18/h18-19H,3-16H2,1-2H3. The molecule has 0 heterocycles. The second-order valence-corrected chi connectivity index (χ2v) is 6.11. The molecule has 1 atom stereocenters. The Morgan fingerprint density at radius 3 is 2.00 bits per heavy atom. The molecule has 0 rings (SSSR count). The molecule has 0 aromatic rings. The zero-order chi connectivity index (χ0) is 15.8. The second kappa shape index (κ2) is 14.8. The largest absolute Gasteiger partial charge is 0.394 e. The molecule has 0 radical (unpaired) electrons. The summed E-state index contributed by atoms with van der Waals surface area (Å²) in [6.07, 6.45) is 11.0. The van der Waals surface area contributed by atoms with Gasteiger partial charge in [0.05, 0.1) is 38.6 Å². The summed E-state index contributed by atoms with van der Waals surface area (Å²) in [5.74, 6) is 0. The van der Waals surface area contributed by atoms with Gasteiger partial charge in [0.25, 0.3) is 0 Å². The van der Waals surface area contributed by atoms with Crippen molar-refractivity contribution in [3.8, 4) is 0 Å². The quantitative estimate of drug-likeness (QED) is 0.430. The Morgan fingerprint density at radius 1 is 0.810 bits per heavy atom. The molecule has 0 saturated carbocycles. The van der Waals surface area contributed by atoms with Crippen LogP contribution in [0.25, 0.3) is 0 Å². The molecule has 0 bridgehead atoms. The van der Waals surface area contributed by atoms with Crippen LogP contribution in [0.4, 0.5) is 0 Å². The summed E-state index contributed by atoms with van der Waals surface area (Å²) in [4.78, 5) is 0. The van der Waals surface area contributed by atoms with Gasteiger partial charge in [0.15, 0.2) is 0 Å². The highest BCUT2D eigenvalue weighted by molar-refractivity contribution is 4.71. The van der Waals surface area contributed by atoms with Crippen LogP contribution in [0.1, 0.15) is 71.6 Å². The minimum absolute atomic E-state index is 0.0379. The average Bonchev–Trinajstić information content (AvgIpc) is 2.45. The van der Waals surface area contributed by atoms with Gasteiger partial charge in [-0.2, -0.15) is 0 Å². The lowest BCUT2D eigenvalue weighted by Gasteiger charge is -2.23. The highest BCUT2D eigenvalue weighted by Gasteiger charge is 2.19. The first-order chi connectivity index (χ1) is 10.1. The summed E-state index contributed by atoms with van der Waals surface area (Å²) >= 11 is 0. The summed E-state index contributed by atoms with van der Waals surface area (Å²) in [6, 6.07) is 0. The molecule has 0 fully saturated rings. The van der Waals surface area contributed by atoms with Gasteiger partial charge in [0, 0.05) is 0 Å². The molecule has 0 aliphatic rings. The number of hydrogen-bond acceptors (Lipinski definition) is 4. The molecule has 0 aliphatic carbocycles. The lowest BCUT2D eigenvalue weighted by Crippen LogP contribution is -2.31. The topological polar surface area (TPSA) is 58.9 Å². The Bertz CT molecular complexity index is 207. The molecule has 1 unspecified atom stereocenters. The van der Waals surface area contributed by atoms with Crippen molar-refractivity contribution in [3.63, 3.8) is 0 Å². The predicted molar refractivity (Wildman–Crippen MR) is 86.6 cm³/mol. The SMILES string of the molecule is CCCCCCCCCCC(C)(O)COCCOCCO. The second-order valence-electron chi connectivity index (χ2n) is 6.11. The summed E-state index contributed by atoms with van der Waals surface area (Å²) in [5.41, 5.74) is -0.737. The van der Waals surface area contributed by atoms with Gasteiger partial charge in [0.1, 0.15) is 0 Å². The molecule has 4 nitrogen and oxygen atoms in total. The summed E-state index contributed by atoms with van der Waals surface area (Å²) < 4.78 is 10.5. The molecular formula is C17H36O4. The van der Waals surface area contributed by atoms with Crippen molar-refractivity contribution in [3.05, 3.63) is 0 Å². The number of aliphatic hydroxyl groups excluding tert-OH is 1. The molecule has 21 heavy (non-hydrogen) atoms. The summed E-state index contributed by atoms with van der Waals surface area (Å²) in [7, 11) is 0. The zero-order valence-corrected chi connectivity index (χ0v) is 14.1. The van der Waals surface area contributed by atoms with Crippen LogP contribution in [-0.4, -0.2) is 48.8 Å². The Hall–Kier alpha value is -0.160. The van der Waals surface area contributed by atoms with Gasteiger partial charge in [0.2, 0.25) is 0 Å². The Balaban J connectivity index is 3.34. The van der Waals surface area contributed by atoms with Crippen molar-refractivity contribution in [2.45, 2.75) is 77.2 Å². The van der Waals surface area contributed by atoms with E-state index in [1.807, 2.05) is 6.92 Å². The fourth-order valence-electron chi connectivity index (χ4n) is 2.29. The third kappa shape index (κ3) is 16.0. The van der Waals surface area contributed by atoms with Crippen LogP contribution >= 0.6 is 0 Å². The van der Waals surface area contributed by atoms with Gasteiger partial charge in [-0.3, -0.25) is 0 Å². The Kier molecular flexibility index (Phi) is 14.7. The van der Waals surface area contributed by atoms with Gasteiger partial charge < -0.3 is 19.7 Å². The van der Waals surface area contributed by atoms with E-state index in [2.05, 4.69) is 6.92 Å². The third-order valence-corrected chi connectivity index (χ3v) is 3.59. The normalized spacial score (nSPS) is 14.3. The van der Waals surface area contributed by atoms with E-state index < -0.39 is 5.60 Å².